The summed E-state index contributed by atoms with van der Waals surface area (Å²) in [5, 5.41) is 14.4. The normalized spacial score (nSPS) is 21.0. The van der Waals surface area contributed by atoms with Gasteiger partial charge in [0, 0.05) is 17.4 Å². The van der Waals surface area contributed by atoms with Crippen LogP contribution < -0.4 is 5.46 Å². The van der Waals surface area contributed by atoms with Gasteiger partial charge in [0.05, 0.1) is 23.3 Å². The van der Waals surface area contributed by atoms with Crippen LogP contribution in [0.3, 0.4) is 0 Å². The van der Waals surface area contributed by atoms with Crippen molar-refractivity contribution in [1.29, 1.82) is 0 Å². The maximum absolute atomic E-state index is 10.0. The Kier molecular flexibility index (Phi) is 4.02. The molecule has 0 radical (unpaired) electrons. The van der Waals surface area contributed by atoms with Crippen molar-refractivity contribution in [3.05, 3.63) is 11.9 Å². The summed E-state index contributed by atoms with van der Waals surface area (Å²) in [6, 6.07) is 0. The second-order valence-corrected chi connectivity index (χ2v) is 7.46. The molecule has 1 aromatic rings. The summed E-state index contributed by atoms with van der Waals surface area (Å²) >= 11 is 0. The van der Waals surface area contributed by atoms with E-state index >= 15 is 0 Å². The van der Waals surface area contributed by atoms with Crippen LogP contribution in [0.1, 0.15) is 54.2 Å². The van der Waals surface area contributed by atoms with Gasteiger partial charge >= 0.3 is 7.12 Å². The molecule has 1 aliphatic heterocycles. The molecule has 1 aliphatic rings. The smallest absolute Gasteiger partial charge is 0.399 e. The lowest BCUT2D eigenvalue weighted by atomic mass is 9.78. The zero-order chi connectivity index (χ0) is 16.1. The fourth-order valence-corrected chi connectivity index (χ4v) is 2.48. The van der Waals surface area contributed by atoms with Crippen LogP contribution in [0, 0.1) is 0 Å². The Hall–Kier alpha value is -0.845. The Labute approximate surface area is 127 Å². The highest BCUT2D eigenvalue weighted by atomic mass is 16.7. The summed E-state index contributed by atoms with van der Waals surface area (Å²) < 4.78 is 14.0. The molecular formula is C15H27BN2O3. The van der Waals surface area contributed by atoms with Gasteiger partial charge in [0.25, 0.3) is 0 Å². The number of aromatic nitrogens is 2. The fourth-order valence-electron chi connectivity index (χ4n) is 2.48. The quantitative estimate of drug-likeness (QED) is 0.855. The van der Waals surface area contributed by atoms with Crippen molar-refractivity contribution >= 4 is 12.6 Å². The summed E-state index contributed by atoms with van der Waals surface area (Å²) in [7, 11) is -0.402. The maximum Gasteiger partial charge on any atom is 0.498 e. The molecule has 1 N–H and O–H groups in total. The predicted octanol–water partition coefficient (Wildman–Crippen LogP) is 1.52. The molecule has 0 saturated carbocycles. The van der Waals surface area contributed by atoms with Crippen LogP contribution in [0.25, 0.3) is 0 Å². The minimum Gasteiger partial charge on any atom is -0.399 e. The molecule has 0 aromatic carbocycles. The zero-order valence-electron chi connectivity index (χ0n) is 14.2. The molecule has 6 heteroatoms. The van der Waals surface area contributed by atoms with Crippen LogP contribution in [0.2, 0.25) is 0 Å². The third-order valence-corrected chi connectivity index (χ3v) is 4.36. The van der Waals surface area contributed by atoms with E-state index in [1.807, 2.05) is 32.4 Å². The number of hydrogen-bond acceptors (Lipinski definition) is 4. The predicted molar refractivity (Wildman–Crippen MR) is 83.6 cm³/mol. The van der Waals surface area contributed by atoms with Gasteiger partial charge in [-0.2, -0.15) is 5.10 Å². The van der Waals surface area contributed by atoms with E-state index in [2.05, 4.69) is 12.0 Å². The lowest BCUT2D eigenvalue weighted by Crippen LogP contribution is -2.41. The summed E-state index contributed by atoms with van der Waals surface area (Å²) in [4.78, 5) is 0. The molecule has 5 nitrogen and oxygen atoms in total. The highest BCUT2D eigenvalue weighted by molar-refractivity contribution is 6.62. The third kappa shape index (κ3) is 3.17. The topological polar surface area (TPSA) is 56.5 Å². The number of hydrogen-bond donors (Lipinski definition) is 1. The second kappa shape index (κ2) is 5.11. The monoisotopic (exact) mass is 294 g/mol. The van der Waals surface area contributed by atoms with Gasteiger partial charge in [-0.25, -0.2) is 0 Å². The van der Waals surface area contributed by atoms with Crippen LogP contribution in [0.15, 0.2) is 6.20 Å². The van der Waals surface area contributed by atoms with E-state index in [9.17, 15) is 5.11 Å². The van der Waals surface area contributed by atoms with E-state index in [0.29, 0.717) is 6.54 Å². The molecule has 0 amide bonds. The van der Waals surface area contributed by atoms with Gasteiger partial charge in [-0.05, 0) is 48.0 Å². The minimum atomic E-state index is -0.802. The number of rotatable bonds is 4. The molecule has 2 heterocycles. The van der Waals surface area contributed by atoms with Crippen molar-refractivity contribution in [2.24, 2.45) is 0 Å². The van der Waals surface area contributed by atoms with Crippen molar-refractivity contribution in [3.8, 4) is 0 Å². The Balaban J connectivity index is 2.30. The van der Waals surface area contributed by atoms with E-state index < -0.39 is 12.7 Å². The first-order chi connectivity index (χ1) is 9.47. The summed E-state index contributed by atoms with van der Waals surface area (Å²) in [5.41, 5.74) is 0.488. The van der Waals surface area contributed by atoms with Crippen LogP contribution in [0.5, 0.6) is 0 Å². The van der Waals surface area contributed by atoms with Gasteiger partial charge in [0.1, 0.15) is 0 Å². The molecule has 0 aliphatic carbocycles. The largest absolute Gasteiger partial charge is 0.498 e. The first-order valence-electron chi connectivity index (χ1n) is 7.59. The number of nitrogens with zero attached hydrogens (tertiary/aromatic N) is 2. The molecule has 118 valence electrons. The van der Waals surface area contributed by atoms with Crippen LogP contribution in [-0.4, -0.2) is 38.8 Å². The molecule has 1 aromatic heterocycles. The summed E-state index contributed by atoms with van der Waals surface area (Å²) in [6.45, 7) is 14.3. The molecule has 1 fully saturated rings. The first-order valence-corrected chi connectivity index (χ1v) is 7.59. The second-order valence-electron chi connectivity index (χ2n) is 7.46. The first kappa shape index (κ1) is 16.5. The Morgan fingerprint density at radius 1 is 1.24 bits per heavy atom. The minimum absolute atomic E-state index is 0.360. The van der Waals surface area contributed by atoms with E-state index in [1.54, 1.807) is 20.0 Å². The molecular weight excluding hydrogens is 267 g/mol. The SMILES string of the molecule is CCc1c(B2OC(C)(C)C(C)(C)O2)cnn1CC(C)(C)O. The molecule has 21 heavy (non-hydrogen) atoms. The Morgan fingerprint density at radius 3 is 2.19 bits per heavy atom. The van der Waals surface area contributed by atoms with E-state index in [4.69, 9.17) is 9.31 Å². The lowest BCUT2D eigenvalue weighted by Gasteiger charge is -2.32. The average Bonchev–Trinajstić information content (AvgIpc) is 2.75. The molecule has 1 saturated heterocycles. The maximum atomic E-state index is 10.0. The molecule has 0 spiro atoms. The molecule has 2 rings (SSSR count). The standard InChI is InChI=1S/C15H27BN2O3/c1-8-12-11(9-17-18(12)10-13(2,3)19)16-20-14(4,5)15(6,7)21-16/h9,19H,8,10H2,1-7H3. The van der Waals surface area contributed by atoms with Gasteiger partial charge in [0.2, 0.25) is 0 Å². The Morgan fingerprint density at radius 2 is 1.76 bits per heavy atom. The van der Waals surface area contributed by atoms with Crippen LogP contribution in [-0.2, 0) is 22.3 Å². The van der Waals surface area contributed by atoms with Gasteiger partial charge in [-0.1, -0.05) is 6.92 Å². The van der Waals surface area contributed by atoms with Crippen LogP contribution >= 0.6 is 0 Å². The van der Waals surface area contributed by atoms with Gasteiger partial charge in [-0.15, -0.1) is 0 Å². The zero-order valence-corrected chi connectivity index (χ0v) is 14.2. The molecule has 0 atom stereocenters. The highest BCUT2D eigenvalue weighted by Crippen LogP contribution is 2.36. The van der Waals surface area contributed by atoms with Gasteiger partial charge in [-0.3, -0.25) is 4.68 Å². The third-order valence-electron chi connectivity index (χ3n) is 4.36. The average molecular weight is 294 g/mol. The number of aliphatic hydroxyl groups is 1. The van der Waals surface area contributed by atoms with Crippen molar-refractivity contribution in [3.63, 3.8) is 0 Å². The van der Waals surface area contributed by atoms with E-state index in [-0.39, 0.29) is 11.2 Å². The van der Waals surface area contributed by atoms with Crippen molar-refractivity contribution < 1.29 is 14.4 Å². The Bertz CT molecular complexity index is 501. The summed E-state index contributed by atoms with van der Waals surface area (Å²) in [5.74, 6) is 0. The van der Waals surface area contributed by atoms with Crippen molar-refractivity contribution in [2.75, 3.05) is 0 Å². The molecule has 0 bridgehead atoms. The van der Waals surface area contributed by atoms with Crippen LogP contribution in [0.4, 0.5) is 0 Å². The summed E-state index contributed by atoms with van der Waals surface area (Å²) in [6.07, 6.45) is 2.61. The van der Waals surface area contributed by atoms with Gasteiger partial charge < -0.3 is 14.4 Å². The van der Waals surface area contributed by atoms with E-state index in [1.165, 1.54) is 0 Å². The van der Waals surface area contributed by atoms with Crippen molar-refractivity contribution in [1.82, 2.24) is 9.78 Å². The van der Waals surface area contributed by atoms with E-state index in [0.717, 1.165) is 17.6 Å². The molecule has 0 unspecified atom stereocenters. The highest BCUT2D eigenvalue weighted by Gasteiger charge is 2.52. The fraction of sp³-hybridized carbons (Fsp3) is 0.800. The lowest BCUT2D eigenvalue weighted by molar-refractivity contribution is 0.00578. The van der Waals surface area contributed by atoms with Crippen molar-refractivity contribution in [2.45, 2.75) is 78.2 Å². The van der Waals surface area contributed by atoms with Gasteiger partial charge in [0.15, 0.2) is 0 Å².